The van der Waals surface area contributed by atoms with Gasteiger partial charge in [-0.15, -0.1) is 0 Å². The summed E-state index contributed by atoms with van der Waals surface area (Å²) in [6.07, 6.45) is 8.00. The lowest BCUT2D eigenvalue weighted by Crippen LogP contribution is -2.29. The number of hydrogen-bond donors (Lipinski definition) is 1. The minimum atomic E-state index is 0.664. The smallest absolute Gasteiger partial charge is 0.140 e. The molecule has 0 amide bonds. The van der Waals surface area contributed by atoms with Crippen LogP contribution in [-0.4, -0.2) is 24.7 Å². The summed E-state index contributed by atoms with van der Waals surface area (Å²) in [6, 6.07) is 2.78. The number of fused-ring (bicyclic) bond motifs is 1. The molecule has 1 aliphatic heterocycles. The molecule has 0 aromatic carbocycles. The summed E-state index contributed by atoms with van der Waals surface area (Å²) in [4.78, 5) is 4.42. The van der Waals surface area contributed by atoms with E-state index in [-0.39, 0.29) is 0 Å². The maximum Gasteiger partial charge on any atom is 0.140 e. The fraction of sp³-hybridized carbons (Fsp3) is 0.533. The van der Waals surface area contributed by atoms with Crippen LogP contribution in [0.25, 0.3) is 5.57 Å². The first-order valence-corrected chi connectivity index (χ1v) is 6.71. The number of nitrogens with one attached hydrogen (secondary N) is 1. The van der Waals surface area contributed by atoms with Crippen molar-refractivity contribution in [3.63, 3.8) is 0 Å². The van der Waals surface area contributed by atoms with E-state index in [9.17, 15) is 0 Å². The number of rotatable bonds is 2. The number of allylic oxidation sites excluding steroid dienone is 1. The average molecular weight is 244 g/mol. The Morgan fingerprint density at radius 3 is 3.17 bits per heavy atom. The zero-order valence-electron chi connectivity index (χ0n) is 11.1. The number of hydrogen-bond acceptors (Lipinski definition) is 3. The molecule has 18 heavy (non-hydrogen) atoms. The van der Waals surface area contributed by atoms with Crippen molar-refractivity contribution >= 4 is 5.57 Å². The van der Waals surface area contributed by atoms with Crippen LogP contribution in [0.1, 0.15) is 30.5 Å². The summed E-state index contributed by atoms with van der Waals surface area (Å²) in [5.74, 6) is 1.73. The van der Waals surface area contributed by atoms with Crippen LogP contribution in [0.15, 0.2) is 18.3 Å². The first kappa shape index (κ1) is 11.7. The SMILES string of the molecule is COc1cc(C2=CCC3CCNC3C2)cnc1C. The molecular formula is C15H20N2O. The molecule has 0 bridgehead atoms. The molecule has 2 heterocycles. The third-order valence-corrected chi connectivity index (χ3v) is 4.23. The molecule has 0 spiro atoms. The Bertz CT molecular complexity index is 481. The van der Waals surface area contributed by atoms with Gasteiger partial charge in [-0.2, -0.15) is 0 Å². The van der Waals surface area contributed by atoms with Crippen LogP contribution in [0, 0.1) is 12.8 Å². The number of nitrogens with zero attached hydrogens (tertiary/aromatic N) is 1. The highest BCUT2D eigenvalue weighted by Gasteiger charge is 2.30. The Morgan fingerprint density at radius 1 is 1.44 bits per heavy atom. The van der Waals surface area contributed by atoms with Gasteiger partial charge in [0.15, 0.2) is 0 Å². The predicted octanol–water partition coefficient (Wildman–Crippen LogP) is 2.55. The molecule has 3 heteroatoms. The highest BCUT2D eigenvalue weighted by Crippen LogP contribution is 2.35. The van der Waals surface area contributed by atoms with Crippen molar-refractivity contribution in [3.05, 3.63) is 29.6 Å². The molecule has 1 saturated heterocycles. The van der Waals surface area contributed by atoms with Crippen molar-refractivity contribution in [2.45, 2.75) is 32.2 Å². The van der Waals surface area contributed by atoms with Crippen LogP contribution in [0.4, 0.5) is 0 Å². The zero-order chi connectivity index (χ0) is 12.5. The van der Waals surface area contributed by atoms with Gasteiger partial charge in [-0.1, -0.05) is 6.08 Å². The largest absolute Gasteiger partial charge is 0.495 e. The molecule has 2 unspecified atom stereocenters. The van der Waals surface area contributed by atoms with E-state index in [1.165, 1.54) is 30.5 Å². The minimum absolute atomic E-state index is 0.664. The van der Waals surface area contributed by atoms with Crippen LogP contribution < -0.4 is 10.1 Å². The lowest BCUT2D eigenvalue weighted by Gasteiger charge is -2.25. The van der Waals surface area contributed by atoms with Gasteiger partial charge < -0.3 is 10.1 Å². The second-order valence-corrected chi connectivity index (χ2v) is 5.29. The van der Waals surface area contributed by atoms with E-state index in [0.29, 0.717) is 6.04 Å². The molecule has 1 aliphatic carbocycles. The summed E-state index contributed by atoms with van der Waals surface area (Å²) in [7, 11) is 1.71. The Kier molecular flexibility index (Phi) is 3.08. The number of methoxy groups -OCH3 is 1. The lowest BCUT2D eigenvalue weighted by molar-refractivity contribution is 0.408. The van der Waals surface area contributed by atoms with E-state index >= 15 is 0 Å². The van der Waals surface area contributed by atoms with Gasteiger partial charge in [0, 0.05) is 12.2 Å². The van der Waals surface area contributed by atoms with Gasteiger partial charge in [0.1, 0.15) is 5.75 Å². The molecule has 1 N–H and O–H groups in total. The van der Waals surface area contributed by atoms with Gasteiger partial charge in [0.25, 0.3) is 0 Å². The van der Waals surface area contributed by atoms with E-state index in [0.717, 1.165) is 23.8 Å². The van der Waals surface area contributed by atoms with Crippen LogP contribution in [-0.2, 0) is 0 Å². The molecule has 3 rings (SSSR count). The van der Waals surface area contributed by atoms with Gasteiger partial charge >= 0.3 is 0 Å². The van der Waals surface area contributed by atoms with Crippen molar-refractivity contribution in [1.82, 2.24) is 10.3 Å². The second kappa shape index (κ2) is 4.73. The third kappa shape index (κ3) is 2.03. The van der Waals surface area contributed by atoms with Crippen LogP contribution in [0.2, 0.25) is 0 Å². The second-order valence-electron chi connectivity index (χ2n) is 5.29. The van der Waals surface area contributed by atoms with E-state index in [1.807, 2.05) is 13.1 Å². The van der Waals surface area contributed by atoms with Gasteiger partial charge in [-0.25, -0.2) is 0 Å². The fourth-order valence-electron chi connectivity index (χ4n) is 3.09. The van der Waals surface area contributed by atoms with Crippen LogP contribution >= 0.6 is 0 Å². The maximum atomic E-state index is 5.36. The van der Waals surface area contributed by atoms with Crippen LogP contribution in [0.3, 0.4) is 0 Å². The summed E-state index contributed by atoms with van der Waals surface area (Å²) >= 11 is 0. The molecule has 2 atom stereocenters. The first-order valence-electron chi connectivity index (χ1n) is 6.71. The fourth-order valence-corrected chi connectivity index (χ4v) is 3.09. The van der Waals surface area contributed by atoms with Crippen molar-refractivity contribution in [3.8, 4) is 5.75 Å². The first-order chi connectivity index (χ1) is 8.78. The zero-order valence-corrected chi connectivity index (χ0v) is 11.1. The van der Waals surface area contributed by atoms with Crippen LogP contribution in [0.5, 0.6) is 5.75 Å². The number of aromatic nitrogens is 1. The molecular weight excluding hydrogens is 224 g/mol. The van der Waals surface area contributed by atoms with E-state index in [4.69, 9.17) is 4.74 Å². The monoisotopic (exact) mass is 244 g/mol. The molecule has 0 saturated carbocycles. The van der Waals surface area contributed by atoms with Gasteiger partial charge in [0.2, 0.25) is 0 Å². The van der Waals surface area contributed by atoms with Gasteiger partial charge in [0.05, 0.1) is 12.8 Å². The Morgan fingerprint density at radius 2 is 2.33 bits per heavy atom. The van der Waals surface area contributed by atoms with E-state index in [2.05, 4.69) is 22.4 Å². The van der Waals surface area contributed by atoms with Gasteiger partial charge in [-0.05, 0) is 55.9 Å². The maximum absolute atomic E-state index is 5.36. The number of ether oxygens (including phenoxy) is 1. The molecule has 2 aliphatic rings. The number of pyridine rings is 1. The minimum Gasteiger partial charge on any atom is -0.495 e. The third-order valence-electron chi connectivity index (χ3n) is 4.23. The van der Waals surface area contributed by atoms with Crippen molar-refractivity contribution in [1.29, 1.82) is 0 Å². The van der Waals surface area contributed by atoms with E-state index < -0.39 is 0 Å². The molecule has 1 aromatic rings. The highest BCUT2D eigenvalue weighted by molar-refractivity contribution is 5.67. The van der Waals surface area contributed by atoms with Crippen molar-refractivity contribution in [2.75, 3.05) is 13.7 Å². The molecule has 96 valence electrons. The molecule has 1 fully saturated rings. The lowest BCUT2D eigenvalue weighted by atomic mass is 9.83. The topological polar surface area (TPSA) is 34.1 Å². The van der Waals surface area contributed by atoms with Gasteiger partial charge in [-0.3, -0.25) is 4.98 Å². The summed E-state index contributed by atoms with van der Waals surface area (Å²) in [6.45, 7) is 3.15. The van der Waals surface area contributed by atoms with E-state index in [1.54, 1.807) is 7.11 Å². The Hall–Kier alpha value is -1.35. The molecule has 3 nitrogen and oxygen atoms in total. The summed E-state index contributed by atoms with van der Waals surface area (Å²) < 4.78 is 5.36. The average Bonchev–Trinajstić information content (AvgIpc) is 2.86. The number of aryl methyl sites for hydroxylation is 1. The standard InChI is InChI=1S/C15H20N2O/c1-10-15(18-2)8-13(9-17-10)12-4-3-11-5-6-16-14(11)7-12/h4,8-9,11,14,16H,3,5-7H2,1-2H3. The molecule has 1 aromatic heterocycles. The summed E-state index contributed by atoms with van der Waals surface area (Å²) in [5.41, 5.74) is 3.58. The van der Waals surface area contributed by atoms with Crippen molar-refractivity contribution in [2.24, 2.45) is 5.92 Å². The quantitative estimate of drug-likeness (QED) is 0.868. The normalized spacial score (nSPS) is 26.7. The summed E-state index contributed by atoms with van der Waals surface area (Å²) in [5, 5.41) is 3.61. The molecule has 0 radical (unpaired) electrons. The predicted molar refractivity (Wildman–Crippen MR) is 72.6 cm³/mol. The Labute approximate surface area is 108 Å². The Balaban J connectivity index is 1.86. The highest BCUT2D eigenvalue weighted by atomic mass is 16.5. The van der Waals surface area contributed by atoms with Crippen molar-refractivity contribution < 1.29 is 4.74 Å².